The average molecular weight is 554 g/mol. The molecule has 0 bridgehead atoms. The maximum Gasteiger partial charge on any atom is 0.418 e. The third-order valence-corrected chi connectivity index (χ3v) is 6.29. The van der Waals surface area contributed by atoms with Gasteiger partial charge in [-0.25, -0.2) is 18.7 Å². The highest BCUT2D eigenvalue weighted by molar-refractivity contribution is 5.93. The van der Waals surface area contributed by atoms with Gasteiger partial charge in [0.25, 0.3) is 0 Å². The Morgan fingerprint density at radius 1 is 0.975 bits per heavy atom. The maximum atomic E-state index is 14.2. The summed E-state index contributed by atoms with van der Waals surface area (Å²) in [5.74, 6) is -2.50. The van der Waals surface area contributed by atoms with Gasteiger partial charge in [-0.1, -0.05) is 6.07 Å². The Labute approximate surface area is 223 Å². The second-order valence-corrected chi connectivity index (χ2v) is 8.76. The van der Waals surface area contributed by atoms with Crippen molar-refractivity contribution < 1.29 is 31.4 Å². The summed E-state index contributed by atoms with van der Waals surface area (Å²) in [6, 6.07) is 9.47. The van der Waals surface area contributed by atoms with Crippen molar-refractivity contribution in [2.75, 3.05) is 7.11 Å². The normalized spacial score (nSPS) is 11.6. The van der Waals surface area contributed by atoms with Gasteiger partial charge in [0.05, 0.1) is 40.5 Å². The summed E-state index contributed by atoms with van der Waals surface area (Å²) in [5, 5.41) is 0.142. The van der Waals surface area contributed by atoms with E-state index >= 15 is 0 Å². The molecular formula is C28H19F5N4O3. The van der Waals surface area contributed by atoms with Crippen LogP contribution in [-0.4, -0.2) is 27.0 Å². The molecule has 0 radical (unpaired) electrons. The second-order valence-electron chi connectivity index (χ2n) is 8.76. The van der Waals surface area contributed by atoms with Crippen molar-refractivity contribution in [3.63, 3.8) is 0 Å². The molecule has 0 fully saturated rings. The first-order valence-electron chi connectivity index (χ1n) is 11.7. The van der Waals surface area contributed by atoms with Gasteiger partial charge in [0.2, 0.25) is 11.8 Å². The highest BCUT2D eigenvalue weighted by Crippen LogP contribution is 2.41. The monoisotopic (exact) mass is 554 g/mol. The number of pyridine rings is 4. The molecule has 40 heavy (non-hydrogen) atoms. The predicted octanol–water partition coefficient (Wildman–Crippen LogP) is 6.76. The largest absolute Gasteiger partial charge is 0.481 e. The standard InChI is InChI=1S/C28H19F5N4O3/c1-13-15(28(31,32)33)12-35-27(40-21-8-7-16(29)25(30)14(21)2)23(13)19-11-20(38)24-17(36-19)9-10-34-26(24)18-5-4-6-22(37-18)39-3/h4-12H,1-3H3,(H,36,38). The number of nitrogens with one attached hydrogen (secondary N) is 1. The number of rotatable bonds is 5. The molecule has 5 rings (SSSR count). The zero-order chi connectivity index (χ0) is 28.8. The Hall–Kier alpha value is -4.87. The fourth-order valence-electron chi connectivity index (χ4n) is 4.30. The number of alkyl halides is 3. The molecule has 204 valence electrons. The van der Waals surface area contributed by atoms with Crippen LogP contribution in [0.5, 0.6) is 17.5 Å². The van der Waals surface area contributed by atoms with Gasteiger partial charge in [-0.15, -0.1) is 0 Å². The van der Waals surface area contributed by atoms with Crippen molar-refractivity contribution in [2.24, 2.45) is 0 Å². The van der Waals surface area contributed by atoms with Gasteiger partial charge in [-0.2, -0.15) is 13.2 Å². The molecule has 0 amide bonds. The molecule has 1 N–H and O–H groups in total. The zero-order valence-electron chi connectivity index (χ0n) is 21.2. The van der Waals surface area contributed by atoms with Crippen molar-refractivity contribution in [2.45, 2.75) is 20.0 Å². The lowest BCUT2D eigenvalue weighted by molar-refractivity contribution is -0.138. The lowest BCUT2D eigenvalue weighted by Gasteiger charge is -2.18. The summed E-state index contributed by atoms with van der Waals surface area (Å²) in [6.07, 6.45) is -2.77. The molecule has 0 saturated heterocycles. The van der Waals surface area contributed by atoms with Gasteiger partial charge in [0.1, 0.15) is 11.4 Å². The number of H-pyrrole nitrogens is 1. The van der Waals surface area contributed by atoms with Crippen LogP contribution in [0, 0.1) is 25.5 Å². The molecular weight excluding hydrogens is 535 g/mol. The van der Waals surface area contributed by atoms with E-state index in [1.54, 1.807) is 18.2 Å². The highest BCUT2D eigenvalue weighted by Gasteiger charge is 2.35. The van der Waals surface area contributed by atoms with Gasteiger partial charge < -0.3 is 14.5 Å². The molecule has 7 nitrogen and oxygen atoms in total. The smallest absolute Gasteiger partial charge is 0.418 e. The van der Waals surface area contributed by atoms with Gasteiger partial charge in [0.15, 0.2) is 17.1 Å². The Bertz CT molecular complexity index is 1840. The maximum absolute atomic E-state index is 14.2. The van der Waals surface area contributed by atoms with Crippen molar-refractivity contribution in [3.05, 3.63) is 93.4 Å². The summed E-state index contributed by atoms with van der Waals surface area (Å²) in [4.78, 5) is 28.9. The molecule has 5 aromatic rings. The van der Waals surface area contributed by atoms with E-state index in [2.05, 4.69) is 19.9 Å². The van der Waals surface area contributed by atoms with Crippen molar-refractivity contribution in [1.29, 1.82) is 0 Å². The molecule has 0 atom stereocenters. The van der Waals surface area contributed by atoms with E-state index in [1.807, 2.05) is 0 Å². The number of aromatic nitrogens is 4. The van der Waals surface area contributed by atoms with Crippen LogP contribution >= 0.6 is 0 Å². The highest BCUT2D eigenvalue weighted by atomic mass is 19.4. The molecule has 0 saturated carbocycles. The number of fused-ring (bicyclic) bond motifs is 1. The van der Waals surface area contributed by atoms with E-state index in [9.17, 15) is 26.7 Å². The second kappa shape index (κ2) is 10.0. The minimum Gasteiger partial charge on any atom is -0.481 e. The third-order valence-electron chi connectivity index (χ3n) is 6.29. The number of aromatic amines is 1. The molecule has 0 aliphatic heterocycles. The van der Waals surface area contributed by atoms with Crippen molar-refractivity contribution in [3.8, 4) is 40.2 Å². The number of nitrogens with zero attached hydrogens (tertiary/aromatic N) is 3. The van der Waals surface area contributed by atoms with E-state index in [1.165, 1.54) is 33.2 Å². The molecule has 0 aliphatic rings. The van der Waals surface area contributed by atoms with Crippen LogP contribution in [0.25, 0.3) is 33.5 Å². The average Bonchev–Trinajstić information content (AvgIpc) is 2.92. The van der Waals surface area contributed by atoms with Crippen LogP contribution in [0.1, 0.15) is 16.7 Å². The van der Waals surface area contributed by atoms with Gasteiger partial charge in [0, 0.05) is 30.1 Å². The number of halogens is 5. The number of methoxy groups -OCH3 is 1. The molecule has 4 aromatic heterocycles. The topological polar surface area (TPSA) is 90.0 Å². The van der Waals surface area contributed by atoms with Gasteiger partial charge in [-0.05, 0) is 43.7 Å². The lowest BCUT2D eigenvalue weighted by atomic mass is 10.0. The SMILES string of the molecule is COc1cccc(-c2nccc3[nH]c(-c4c(Oc5ccc(F)c(F)c5C)ncc(C(F)(F)F)c4C)cc(=O)c23)n1. The van der Waals surface area contributed by atoms with Crippen LogP contribution in [0.3, 0.4) is 0 Å². The first-order chi connectivity index (χ1) is 19.0. The summed E-state index contributed by atoms with van der Waals surface area (Å²) < 4.78 is 80.2. The summed E-state index contributed by atoms with van der Waals surface area (Å²) in [7, 11) is 1.44. The Morgan fingerprint density at radius 3 is 2.48 bits per heavy atom. The first-order valence-corrected chi connectivity index (χ1v) is 11.7. The molecule has 0 unspecified atom stereocenters. The van der Waals surface area contributed by atoms with Gasteiger partial charge in [-0.3, -0.25) is 9.78 Å². The van der Waals surface area contributed by atoms with E-state index < -0.39 is 28.8 Å². The molecule has 4 heterocycles. The fourth-order valence-corrected chi connectivity index (χ4v) is 4.30. The molecule has 0 spiro atoms. The van der Waals surface area contributed by atoms with E-state index in [0.29, 0.717) is 17.8 Å². The van der Waals surface area contributed by atoms with Crippen LogP contribution < -0.4 is 14.9 Å². The zero-order valence-corrected chi connectivity index (χ0v) is 21.2. The molecule has 1 aromatic carbocycles. The molecule has 0 aliphatic carbocycles. The summed E-state index contributed by atoms with van der Waals surface area (Å²) in [5.41, 5.74) is -1.53. The van der Waals surface area contributed by atoms with Crippen LogP contribution in [0.4, 0.5) is 22.0 Å². The fraction of sp³-hybridized carbons (Fsp3) is 0.143. The van der Waals surface area contributed by atoms with E-state index in [4.69, 9.17) is 9.47 Å². The predicted molar refractivity (Wildman–Crippen MR) is 136 cm³/mol. The summed E-state index contributed by atoms with van der Waals surface area (Å²) in [6.45, 7) is 2.45. The first kappa shape index (κ1) is 26.7. The number of benzene rings is 1. The van der Waals surface area contributed by atoms with E-state index in [0.717, 1.165) is 18.2 Å². The summed E-state index contributed by atoms with van der Waals surface area (Å²) >= 11 is 0. The lowest BCUT2D eigenvalue weighted by Crippen LogP contribution is -2.12. The Balaban J connectivity index is 1.74. The minimum atomic E-state index is -4.77. The number of hydrogen-bond donors (Lipinski definition) is 1. The quantitative estimate of drug-likeness (QED) is 0.242. The Morgan fingerprint density at radius 2 is 1.75 bits per heavy atom. The van der Waals surface area contributed by atoms with Gasteiger partial charge >= 0.3 is 6.18 Å². The number of ether oxygens (including phenoxy) is 2. The number of hydrogen-bond acceptors (Lipinski definition) is 6. The molecule has 12 heteroatoms. The minimum absolute atomic E-state index is 0.0420. The Kier molecular flexibility index (Phi) is 6.70. The van der Waals surface area contributed by atoms with Crippen molar-refractivity contribution in [1.82, 2.24) is 19.9 Å². The van der Waals surface area contributed by atoms with Crippen LogP contribution in [0.2, 0.25) is 0 Å². The van der Waals surface area contributed by atoms with Crippen LogP contribution in [-0.2, 0) is 6.18 Å². The van der Waals surface area contributed by atoms with Crippen molar-refractivity contribution >= 4 is 10.9 Å². The van der Waals surface area contributed by atoms with Crippen LogP contribution in [0.15, 0.2) is 59.7 Å². The third kappa shape index (κ3) is 4.72. The van der Waals surface area contributed by atoms with E-state index in [-0.39, 0.29) is 50.6 Å².